The van der Waals surface area contributed by atoms with E-state index in [2.05, 4.69) is 10.1 Å². The summed E-state index contributed by atoms with van der Waals surface area (Å²) in [5.41, 5.74) is 1.45. The Bertz CT molecular complexity index is 464. The van der Waals surface area contributed by atoms with Crippen LogP contribution in [0.4, 0.5) is 0 Å². The molecule has 0 unspecified atom stereocenters. The van der Waals surface area contributed by atoms with Crippen molar-refractivity contribution in [3.05, 3.63) is 18.1 Å². The third kappa shape index (κ3) is 1.17. The van der Waals surface area contributed by atoms with Crippen molar-refractivity contribution in [3.63, 3.8) is 0 Å². The molecule has 5 heteroatoms. The third-order valence-corrected chi connectivity index (χ3v) is 2.05. The molecule has 2 heterocycles. The highest BCUT2D eigenvalue weighted by Crippen LogP contribution is 2.27. The highest BCUT2D eigenvalue weighted by atomic mass is 16.5. The Balaban J connectivity index is 2.71. The molecule has 0 radical (unpaired) electrons. The maximum atomic E-state index is 9.49. The Morgan fingerprint density at radius 3 is 3.07 bits per heavy atom. The monoisotopic (exact) mass is 193 g/mol. The molecule has 2 aromatic heterocycles. The van der Waals surface area contributed by atoms with Gasteiger partial charge in [-0.1, -0.05) is 0 Å². The second-order valence-corrected chi connectivity index (χ2v) is 2.93. The Morgan fingerprint density at radius 1 is 1.57 bits per heavy atom. The lowest BCUT2D eigenvalue weighted by molar-refractivity contribution is 0.328. The number of aromatic hydroxyl groups is 1. The van der Waals surface area contributed by atoms with Gasteiger partial charge in [0.1, 0.15) is 17.6 Å². The van der Waals surface area contributed by atoms with Gasteiger partial charge in [-0.2, -0.15) is 10.1 Å². The van der Waals surface area contributed by atoms with E-state index in [1.54, 1.807) is 11.4 Å². The van der Waals surface area contributed by atoms with Crippen LogP contribution in [-0.4, -0.2) is 26.3 Å². The fourth-order valence-electron chi connectivity index (χ4n) is 1.36. The van der Waals surface area contributed by atoms with Gasteiger partial charge in [-0.25, -0.2) is 4.52 Å². The number of ether oxygens (including phenoxy) is 1. The molecule has 0 saturated heterocycles. The van der Waals surface area contributed by atoms with Gasteiger partial charge in [0.15, 0.2) is 0 Å². The lowest BCUT2D eigenvalue weighted by Crippen LogP contribution is -1.99. The van der Waals surface area contributed by atoms with Crippen molar-refractivity contribution in [1.82, 2.24) is 14.6 Å². The Hall–Kier alpha value is -1.78. The molecule has 0 aromatic carbocycles. The van der Waals surface area contributed by atoms with Crippen molar-refractivity contribution in [1.29, 1.82) is 0 Å². The van der Waals surface area contributed by atoms with E-state index in [1.165, 1.54) is 12.5 Å². The van der Waals surface area contributed by atoms with Gasteiger partial charge in [0.2, 0.25) is 5.88 Å². The number of hydrogen-bond donors (Lipinski definition) is 1. The molecule has 14 heavy (non-hydrogen) atoms. The van der Waals surface area contributed by atoms with Crippen LogP contribution in [-0.2, 0) is 0 Å². The number of rotatable bonds is 2. The lowest BCUT2D eigenvalue weighted by Gasteiger charge is -2.03. The van der Waals surface area contributed by atoms with Crippen LogP contribution in [0.2, 0.25) is 0 Å². The fourth-order valence-corrected chi connectivity index (χ4v) is 1.36. The maximum absolute atomic E-state index is 9.49. The summed E-state index contributed by atoms with van der Waals surface area (Å²) in [6.07, 6.45) is 2.94. The summed E-state index contributed by atoms with van der Waals surface area (Å²) in [5.74, 6) is 0.701. The number of nitrogens with zero attached hydrogens (tertiary/aromatic N) is 3. The second kappa shape index (κ2) is 3.17. The zero-order valence-corrected chi connectivity index (χ0v) is 8.06. The number of hydrogen-bond acceptors (Lipinski definition) is 4. The minimum atomic E-state index is 0.200. The van der Waals surface area contributed by atoms with Gasteiger partial charge in [-0.05, 0) is 13.8 Å². The SMILES string of the molecule is CCOc1ncnn2cc(O)c(C)c12. The highest BCUT2D eigenvalue weighted by Gasteiger charge is 2.11. The topological polar surface area (TPSA) is 59.7 Å². The minimum Gasteiger partial charge on any atom is -0.506 e. The van der Waals surface area contributed by atoms with Crippen LogP contribution in [0.15, 0.2) is 12.5 Å². The predicted molar refractivity (Wildman–Crippen MR) is 50.6 cm³/mol. The summed E-state index contributed by atoms with van der Waals surface area (Å²) < 4.78 is 6.89. The fraction of sp³-hybridized carbons (Fsp3) is 0.333. The molecule has 2 rings (SSSR count). The van der Waals surface area contributed by atoms with Gasteiger partial charge in [0.25, 0.3) is 0 Å². The first kappa shape index (κ1) is 8.80. The molecular weight excluding hydrogens is 182 g/mol. The van der Waals surface area contributed by atoms with Crippen molar-refractivity contribution in [2.75, 3.05) is 6.61 Å². The van der Waals surface area contributed by atoms with E-state index in [9.17, 15) is 5.11 Å². The van der Waals surface area contributed by atoms with Gasteiger partial charge < -0.3 is 9.84 Å². The highest BCUT2D eigenvalue weighted by molar-refractivity contribution is 5.66. The summed E-state index contributed by atoms with van der Waals surface area (Å²) in [4.78, 5) is 4.01. The molecule has 5 nitrogen and oxygen atoms in total. The van der Waals surface area contributed by atoms with E-state index in [0.717, 1.165) is 5.56 Å². The average molecular weight is 193 g/mol. The third-order valence-electron chi connectivity index (χ3n) is 2.05. The molecule has 2 aromatic rings. The first-order chi connectivity index (χ1) is 6.74. The molecule has 74 valence electrons. The van der Waals surface area contributed by atoms with Crippen molar-refractivity contribution in [2.24, 2.45) is 0 Å². The van der Waals surface area contributed by atoms with E-state index < -0.39 is 0 Å². The Morgan fingerprint density at radius 2 is 2.36 bits per heavy atom. The van der Waals surface area contributed by atoms with Crippen LogP contribution in [0.25, 0.3) is 5.52 Å². The first-order valence-electron chi connectivity index (χ1n) is 4.38. The van der Waals surface area contributed by atoms with Crippen LogP contribution < -0.4 is 4.74 Å². The number of aromatic nitrogens is 3. The van der Waals surface area contributed by atoms with Gasteiger partial charge in [0, 0.05) is 5.56 Å². The van der Waals surface area contributed by atoms with Gasteiger partial charge in [-0.3, -0.25) is 0 Å². The average Bonchev–Trinajstić information content (AvgIpc) is 2.45. The molecule has 0 aliphatic heterocycles. The normalized spacial score (nSPS) is 10.7. The van der Waals surface area contributed by atoms with E-state index >= 15 is 0 Å². The molecular formula is C9H11N3O2. The standard InChI is InChI=1S/C9H11N3O2/c1-3-14-9-8-6(2)7(13)4-12(8)11-5-10-9/h4-5,13H,3H2,1-2H3. The van der Waals surface area contributed by atoms with Gasteiger partial charge in [-0.15, -0.1) is 0 Å². The Kier molecular flexibility index (Phi) is 1.99. The maximum Gasteiger partial charge on any atom is 0.241 e. The largest absolute Gasteiger partial charge is 0.506 e. The zero-order chi connectivity index (χ0) is 10.1. The molecule has 0 fully saturated rings. The molecule has 0 amide bonds. The first-order valence-corrected chi connectivity index (χ1v) is 4.38. The molecule has 0 bridgehead atoms. The predicted octanol–water partition coefficient (Wildman–Crippen LogP) is 1.14. The van der Waals surface area contributed by atoms with Crippen molar-refractivity contribution >= 4 is 5.52 Å². The summed E-state index contributed by atoms with van der Waals surface area (Å²) in [7, 11) is 0. The van der Waals surface area contributed by atoms with Crippen LogP contribution in [0.1, 0.15) is 12.5 Å². The minimum absolute atomic E-state index is 0.200. The van der Waals surface area contributed by atoms with E-state index in [4.69, 9.17) is 4.74 Å². The van der Waals surface area contributed by atoms with E-state index in [1.807, 2.05) is 6.92 Å². The summed E-state index contributed by atoms with van der Waals surface area (Å²) in [5, 5.41) is 13.5. The van der Waals surface area contributed by atoms with Gasteiger partial charge in [0.05, 0.1) is 12.8 Å². The molecule has 0 aliphatic rings. The zero-order valence-electron chi connectivity index (χ0n) is 8.06. The molecule has 0 spiro atoms. The quantitative estimate of drug-likeness (QED) is 0.777. The van der Waals surface area contributed by atoms with Crippen molar-refractivity contribution < 1.29 is 9.84 Å². The van der Waals surface area contributed by atoms with E-state index in [0.29, 0.717) is 18.0 Å². The smallest absolute Gasteiger partial charge is 0.241 e. The summed E-state index contributed by atoms with van der Waals surface area (Å²) >= 11 is 0. The Labute approximate surface area is 81.0 Å². The number of aryl methyl sites for hydroxylation is 1. The van der Waals surface area contributed by atoms with E-state index in [-0.39, 0.29) is 5.75 Å². The summed E-state index contributed by atoms with van der Waals surface area (Å²) in [6, 6.07) is 0. The lowest BCUT2D eigenvalue weighted by atomic mass is 10.3. The van der Waals surface area contributed by atoms with Crippen LogP contribution in [0, 0.1) is 6.92 Å². The number of fused-ring (bicyclic) bond motifs is 1. The molecule has 1 N–H and O–H groups in total. The van der Waals surface area contributed by atoms with Crippen molar-refractivity contribution in [2.45, 2.75) is 13.8 Å². The van der Waals surface area contributed by atoms with Crippen LogP contribution in [0.5, 0.6) is 11.6 Å². The van der Waals surface area contributed by atoms with Gasteiger partial charge >= 0.3 is 0 Å². The molecule has 0 aliphatic carbocycles. The van der Waals surface area contributed by atoms with Crippen molar-refractivity contribution in [3.8, 4) is 11.6 Å². The summed E-state index contributed by atoms with van der Waals surface area (Å²) in [6.45, 7) is 4.23. The van der Waals surface area contributed by atoms with Crippen LogP contribution in [0.3, 0.4) is 0 Å². The molecule has 0 saturated carbocycles. The second-order valence-electron chi connectivity index (χ2n) is 2.93. The van der Waals surface area contributed by atoms with Crippen LogP contribution >= 0.6 is 0 Å². The molecule has 0 atom stereocenters.